The van der Waals surface area contributed by atoms with Gasteiger partial charge in [-0.05, 0) is 12.5 Å². The van der Waals surface area contributed by atoms with Crippen molar-refractivity contribution in [3.05, 3.63) is 30.5 Å². The van der Waals surface area contributed by atoms with E-state index in [0.717, 1.165) is 12.8 Å². The van der Waals surface area contributed by atoms with E-state index in [1.54, 1.807) is 6.20 Å². The lowest BCUT2D eigenvalue weighted by Crippen LogP contribution is -2.37. The van der Waals surface area contributed by atoms with Gasteiger partial charge in [0.25, 0.3) is 0 Å². The number of hydrogen-bond acceptors (Lipinski definition) is 4. The first kappa shape index (κ1) is 14.9. The van der Waals surface area contributed by atoms with Gasteiger partial charge in [0.1, 0.15) is 5.76 Å². The Bertz CT molecular complexity index is 454. The second kappa shape index (κ2) is 7.35. The van der Waals surface area contributed by atoms with Crippen LogP contribution in [-0.4, -0.2) is 35.3 Å². The van der Waals surface area contributed by atoms with E-state index < -0.39 is 0 Å². The van der Waals surface area contributed by atoms with Crippen molar-refractivity contribution >= 4 is 11.8 Å². The molecule has 1 aromatic heterocycles. The molecule has 0 aromatic carbocycles. The first-order valence-electron chi connectivity index (χ1n) is 6.14. The Kier molecular flexibility index (Phi) is 5.78. The highest BCUT2D eigenvalue weighted by molar-refractivity contribution is 5.90. The molecule has 1 heterocycles. The molecule has 0 aliphatic heterocycles. The fraction of sp³-hybridized carbons (Fsp3) is 0.462. The number of hydrogen-bond donors (Lipinski definition) is 1. The number of oxazole rings is 1. The van der Waals surface area contributed by atoms with E-state index in [2.05, 4.69) is 16.9 Å². The zero-order valence-corrected chi connectivity index (χ0v) is 11.3. The third kappa shape index (κ3) is 4.95. The van der Waals surface area contributed by atoms with Crippen molar-refractivity contribution in [3.63, 3.8) is 0 Å². The maximum Gasteiger partial charge on any atom is 0.246 e. The maximum absolute atomic E-state index is 11.6. The van der Waals surface area contributed by atoms with E-state index in [0.29, 0.717) is 11.7 Å². The molecule has 0 saturated heterocycles. The van der Waals surface area contributed by atoms with Crippen LogP contribution in [0.3, 0.4) is 0 Å². The van der Waals surface area contributed by atoms with Crippen LogP contribution >= 0.6 is 0 Å². The number of likely N-dealkylation sites (N-methyl/N-ethyl adjacent to an activating group) is 1. The lowest BCUT2D eigenvalue weighted by atomic mass is 10.3. The predicted octanol–water partition coefficient (Wildman–Crippen LogP) is 0.888. The second-order valence-electron chi connectivity index (χ2n) is 4.15. The van der Waals surface area contributed by atoms with Crippen LogP contribution in [0.4, 0.5) is 0 Å². The molecule has 0 aliphatic carbocycles. The molecule has 6 heteroatoms. The molecular formula is C13H19N3O3. The first-order valence-corrected chi connectivity index (χ1v) is 6.14. The minimum absolute atomic E-state index is 0.0131. The molecule has 0 bridgehead atoms. The van der Waals surface area contributed by atoms with Crippen molar-refractivity contribution in [1.82, 2.24) is 15.2 Å². The number of carbonyl (C=O) groups excluding carboxylic acids is 2. The van der Waals surface area contributed by atoms with E-state index in [9.17, 15) is 9.59 Å². The molecule has 19 heavy (non-hydrogen) atoms. The Morgan fingerprint density at radius 3 is 2.95 bits per heavy atom. The van der Waals surface area contributed by atoms with Crippen LogP contribution in [0, 0.1) is 0 Å². The van der Waals surface area contributed by atoms with Crippen LogP contribution in [0.1, 0.15) is 25.0 Å². The lowest BCUT2D eigenvalue weighted by molar-refractivity contribution is -0.131. The number of rotatable bonds is 7. The summed E-state index contributed by atoms with van der Waals surface area (Å²) < 4.78 is 5.43. The molecule has 0 saturated carbocycles. The minimum Gasteiger partial charge on any atom is -0.444 e. The van der Waals surface area contributed by atoms with Crippen LogP contribution in [0.2, 0.25) is 0 Å². The monoisotopic (exact) mass is 265 g/mol. The van der Waals surface area contributed by atoms with Crippen LogP contribution in [0.5, 0.6) is 0 Å². The van der Waals surface area contributed by atoms with E-state index in [1.807, 2.05) is 6.92 Å². The zero-order chi connectivity index (χ0) is 14.3. The summed E-state index contributed by atoms with van der Waals surface area (Å²) in [5, 5.41) is 2.66. The highest BCUT2D eigenvalue weighted by Gasteiger charge is 2.10. The van der Waals surface area contributed by atoms with Crippen LogP contribution < -0.4 is 5.32 Å². The number of amides is 2. The molecule has 6 nitrogen and oxygen atoms in total. The molecule has 1 N–H and O–H groups in total. The highest BCUT2D eigenvalue weighted by Crippen LogP contribution is 2.05. The Morgan fingerprint density at radius 1 is 1.58 bits per heavy atom. The number of carbonyl (C=O) groups is 2. The van der Waals surface area contributed by atoms with Gasteiger partial charge in [-0.1, -0.05) is 13.5 Å². The second-order valence-corrected chi connectivity index (χ2v) is 4.15. The summed E-state index contributed by atoms with van der Waals surface area (Å²) >= 11 is 0. The maximum atomic E-state index is 11.6. The normalized spacial score (nSPS) is 10.0. The first-order chi connectivity index (χ1) is 9.06. The van der Waals surface area contributed by atoms with Crippen molar-refractivity contribution in [2.24, 2.45) is 0 Å². The molecule has 2 amide bonds. The van der Waals surface area contributed by atoms with E-state index in [1.165, 1.54) is 18.0 Å². The smallest absolute Gasteiger partial charge is 0.246 e. The average Bonchev–Trinajstić information content (AvgIpc) is 2.83. The Labute approximate surface area is 112 Å². The standard InChI is InChI=1S/C13H19N3O3/c1-4-6-12-15-8-10(19-12)7-14-11(17)9-16(3)13(18)5-2/h5,8H,2,4,6-7,9H2,1,3H3,(H,14,17). The molecule has 0 radical (unpaired) electrons. The van der Waals surface area contributed by atoms with Gasteiger partial charge in [0, 0.05) is 13.5 Å². The highest BCUT2D eigenvalue weighted by atomic mass is 16.4. The summed E-state index contributed by atoms with van der Waals surface area (Å²) in [5.74, 6) is 0.728. The molecule has 0 aliphatic rings. The lowest BCUT2D eigenvalue weighted by Gasteiger charge is -2.13. The van der Waals surface area contributed by atoms with Gasteiger partial charge >= 0.3 is 0 Å². The molecule has 0 unspecified atom stereocenters. The third-order valence-corrected chi connectivity index (χ3v) is 2.46. The largest absolute Gasteiger partial charge is 0.444 e. The molecule has 0 atom stereocenters. The van der Waals surface area contributed by atoms with Gasteiger partial charge in [0.05, 0.1) is 19.3 Å². The number of aromatic nitrogens is 1. The zero-order valence-electron chi connectivity index (χ0n) is 11.3. The van der Waals surface area contributed by atoms with E-state index in [-0.39, 0.29) is 24.9 Å². The Balaban J connectivity index is 2.36. The summed E-state index contributed by atoms with van der Waals surface area (Å²) in [6, 6.07) is 0. The quantitative estimate of drug-likeness (QED) is 0.743. The fourth-order valence-corrected chi connectivity index (χ4v) is 1.45. The molecular weight excluding hydrogens is 246 g/mol. The van der Waals surface area contributed by atoms with Crippen molar-refractivity contribution in [3.8, 4) is 0 Å². The van der Waals surface area contributed by atoms with Gasteiger partial charge in [-0.25, -0.2) is 4.98 Å². The van der Waals surface area contributed by atoms with Crippen molar-refractivity contribution in [2.45, 2.75) is 26.3 Å². The Hall–Kier alpha value is -2.11. The van der Waals surface area contributed by atoms with Crippen molar-refractivity contribution in [2.75, 3.05) is 13.6 Å². The van der Waals surface area contributed by atoms with Gasteiger partial charge < -0.3 is 14.6 Å². The minimum atomic E-state index is -0.292. The van der Waals surface area contributed by atoms with E-state index >= 15 is 0 Å². The van der Waals surface area contributed by atoms with Gasteiger partial charge in [-0.15, -0.1) is 0 Å². The van der Waals surface area contributed by atoms with Crippen LogP contribution in [0.25, 0.3) is 0 Å². The molecule has 1 rings (SSSR count). The SMILES string of the molecule is C=CC(=O)N(C)CC(=O)NCc1cnc(CCC)o1. The molecule has 0 spiro atoms. The van der Waals surface area contributed by atoms with E-state index in [4.69, 9.17) is 4.42 Å². The van der Waals surface area contributed by atoms with Crippen molar-refractivity contribution in [1.29, 1.82) is 0 Å². The van der Waals surface area contributed by atoms with Crippen LogP contribution in [0.15, 0.2) is 23.3 Å². The Morgan fingerprint density at radius 2 is 2.32 bits per heavy atom. The number of nitrogens with one attached hydrogen (secondary N) is 1. The van der Waals surface area contributed by atoms with Crippen LogP contribution in [-0.2, 0) is 22.6 Å². The predicted molar refractivity (Wildman–Crippen MR) is 70.2 cm³/mol. The van der Waals surface area contributed by atoms with Crippen molar-refractivity contribution < 1.29 is 14.0 Å². The summed E-state index contributed by atoms with van der Waals surface area (Å²) in [5.41, 5.74) is 0. The number of aryl methyl sites for hydroxylation is 1. The van der Waals surface area contributed by atoms with Gasteiger partial charge in [-0.3, -0.25) is 9.59 Å². The van der Waals surface area contributed by atoms with Gasteiger partial charge in [0.2, 0.25) is 11.8 Å². The summed E-state index contributed by atoms with van der Waals surface area (Å²) in [6.07, 6.45) is 4.51. The average molecular weight is 265 g/mol. The molecule has 1 aromatic rings. The van der Waals surface area contributed by atoms with Gasteiger partial charge in [0.15, 0.2) is 5.89 Å². The molecule has 104 valence electrons. The molecule has 0 fully saturated rings. The number of nitrogens with zero attached hydrogens (tertiary/aromatic N) is 2. The third-order valence-electron chi connectivity index (χ3n) is 2.46. The summed E-state index contributed by atoms with van der Waals surface area (Å²) in [7, 11) is 1.54. The van der Waals surface area contributed by atoms with Gasteiger partial charge in [-0.2, -0.15) is 0 Å². The fourth-order valence-electron chi connectivity index (χ4n) is 1.45. The summed E-state index contributed by atoms with van der Waals surface area (Å²) in [4.78, 5) is 28.1. The summed E-state index contributed by atoms with van der Waals surface area (Å²) in [6.45, 7) is 5.65. The topological polar surface area (TPSA) is 75.4 Å².